The number of nitrogens with zero attached hydrogens (tertiary/aromatic N) is 4. The van der Waals surface area contributed by atoms with E-state index in [9.17, 15) is 13.2 Å². The molecule has 14 heteroatoms. The standard InChI is InChI=1S/C30H33N5O5S.CH3NO2/c36-30(32-14-16-33-17-19-39-20-18-33)22-35-28-4-2-1-3-26(28)27-11-15-34(21-29(27)35)41(37,38)25-7-5-23(6-8-25)40-24-9-12-31-13-10-24;3-1-2-4/h1-10,12-13H,11,14-22H2,(H,32,36);1,4H,(H,2,3). The van der Waals surface area contributed by atoms with Crippen LogP contribution in [-0.2, 0) is 43.9 Å². The second kappa shape index (κ2) is 15.1. The lowest BCUT2D eigenvalue weighted by Gasteiger charge is -2.28. The van der Waals surface area contributed by atoms with E-state index in [-0.39, 0.29) is 30.3 Å². The zero-order valence-electron chi connectivity index (χ0n) is 24.7. The number of hydrogen-bond acceptors (Lipinski definition) is 9. The van der Waals surface area contributed by atoms with Crippen LogP contribution < -0.4 is 15.5 Å². The van der Waals surface area contributed by atoms with Crippen molar-refractivity contribution in [1.82, 2.24) is 29.6 Å². The van der Waals surface area contributed by atoms with E-state index in [4.69, 9.17) is 19.5 Å². The van der Waals surface area contributed by atoms with E-state index in [0.29, 0.717) is 31.0 Å². The number of hydroxylamine groups is 1. The van der Waals surface area contributed by atoms with Gasteiger partial charge in [0.05, 0.1) is 24.7 Å². The first-order valence-electron chi connectivity index (χ1n) is 14.6. The van der Waals surface area contributed by atoms with Gasteiger partial charge in [-0.3, -0.25) is 24.7 Å². The summed E-state index contributed by atoms with van der Waals surface area (Å²) in [5.74, 6) is 1.07. The van der Waals surface area contributed by atoms with Crippen LogP contribution in [0.4, 0.5) is 0 Å². The fourth-order valence-corrected chi connectivity index (χ4v) is 6.91. The summed E-state index contributed by atoms with van der Waals surface area (Å²) < 4.78 is 42.0. The van der Waals surface area contributed by atoms with Gasteiger partial charge in [0.2, 0.25) is 22.3 Å². The quantitative estimate of drug-likeness (QED) is 0.135. The normalized spacial score (nSPS) is 15.4. The number of carbonyl (C=O) groups is 2. The molecule has 4 heterocycles. The molecule has 1 fully saturated rings. The molecule has 2 aromatic carbocycles. The summed E-state index contributed by atoms with van der Waals surface area (Å²) in [4.78, 5) is 28.3. The Morgan fingerprint density at radius 1 is 1.00 bits per heavy atom. The minimum atomic E-state index is -3.77. The number of aromatic nitrogens is 2. The molecule has 238 valence electrons. The number of nitrogens with one attached hydrogen (secondary N) is 2. The number of fused-ring (bicyclic) bond motifs is 3. The fraction of sp³-hybridized carbons (Fsp3) is 0.323. The van der Waals surface area contributed by atoms with Gasteiger partial charge >= 0.3 is 0 Å². The first-order chi connectivity index (χ1) is 21.9. The molecule has 0 unspecified atom stereocenters. The Bertz CT molecular complexity index is 1690. The molecule has 0 saturated carbocycles. The van der Waals surface area contributed by atoms with Crippen LogP contribution in [0, 0.1) is 0 Å². The molecule has 2 aromatic heterocycles. The fourth-order valence-electron chi connectivity index (χ4n) is 5.50. The Morgan fingerprint density at radius 2 is 1.69 bits per heavy atom. The molecule has 0 aliphatic carbocycles. The molecular weight excluding hydrogens is 600 g/mol. The third-order valence-corrected chi connectivity index (χ3v) is 9.55. The van der Waals surface area contributed by atoms with Crippen molar-refractivity contribution in [3.63, 3.8) is 0 Å². The monoisotopic (exact) mass is 636 g/mol. The molecule has 2 amide bonds. The first kappa shape index (κ1) is 32.1. The smallest absolute Gasteiger partial charge is 0.243 e. The summed E-state index contributed by atoms with van der Waals surface area (Å²) >= 11 is 0. The van der Waals surface area contributed by atoms with Crippen molar-refractivity contribution in [2.45, 2.75) is 24.4 Å². The predicted octanol–water partition coefficient (Wildman–Crippen LogP) is 2.15. The third kappa shape index (κ3) is 7.85. The lowest BCUT2D eigenvalue weighted by molar-refractivity contribution is -0.121. The highest BCUT2D eigenvalue weighted by molar-refractivity contribution is 7.89. The number of sulfonamides is 1. The van der Waals surface area contributed by atoms with Gasteiger partial charge in [-0.15, -0.1) is 0 Å². The second-order valence-corrected chi connectivity index (χ2v) is 12.4. The topological polar surface area (TPSA) is 155 Å². The minimum Gasteiger partial charge on any atom is -0.457 e. The van der Waals surface area contributed by atoms with E-state index >= 15 is 0 Å². The molecule has 0 spiro atoms. The Balaban J connectivity index is 0.000000945. The molecule has 4 aromatic rings. The highest BCUT2D eigenvalue weighted by Crippen LogP contribution is 2.33. The van der Waals surface area contributed by atoms with Crippen molar-refractivity contribution in [3.05, 3.63) is 84.3 Å². The van der Waals surface area contributed by atoms with Crippen molar-refractivity contribution in [2.75, 3.05) is 45.9 Å². The third-order valence-electron chi connectivity index (χ3n) is 7.69. The minimum absolute atomic E-state index is 0.0911. The van der Waals surface area contributed by atoms with Gasteiger partial charge in [-0.25, -0.2) is 13.9 Å². The van der Waals surface area contributed by atoms with E-state index < -0.39 is 10.0 Å². The Hall–Kier alpha value is -4.34. The van der Waals surface area contributed by atoms with Crippen molar-refractivity contribution in [1.29, 1.82) is 0 Å². The van der Waals surface area contributed by atoms with E-state index in [2.05, 4.69) is 15.2 Å². The SMILES string of the molecule is O=C(Cn1c2c(c3ccccc31)CCN(S(=O)(=O)c1ccc(Oc3ccncc3)cc1)C2)NCCN1CCOCC1.O=CNO. The van der Waals surface area contributed by atoms with Gasteiger partial charge < -0.3 is 19.4 Å². The van der Waals surface area contributed by atoms with Gasteiger partial charge in [0.15, 0.2) is 0 Å². The molecule has 2 aliphatic heterocycles. The molecule has 0 radical (unpaired) electrons. The Morgan fingerprint density at radius 3 is 2.40 bits per heavy atom. The van der Waals surface area contributed by atoms with Gasteiger partial charge in [0, 0.05) is 61.7 Å². The van der Waals surface area contributed by atoms with Crippen LogP contribution >= 0.6 is 0 Å². The molecule has 1 saturated heterocycles. The van der Waals surface area contributed by atoms with Gasteiger partial charge in [-0.2, -0.15) is 4.31 Å². The zero-order chi connectivity index (χ0) is 31.6. The van der Waals surface area contributed by atoms with Crippen LogP contribution in [0.2, 0.25) is 0 Å². The summed E-state index contributed by atoms with van der Waals surface area (Å²) in [6.07, 6.45) is 4.02. The summed E-state index contributed by atoms with van der Waals surface area (Å²) in [6.45, 7) is 5.21. The van der Waals surface area contributed by atoms with Gasteiger partial charge in [0.1, 0.15) is 18.0 Å². The number of ether oxygens (including phenoxy) is 2. The number of amides is 2. The van der Waals surface area contributed by atoms with E-state index in [0.717, 1.165) is 55.0 Å². The van der Waals surface area contributed by atoms with Crippen LogP contribution in [0.5, 0.6) is 11.5 Å². The number of para-hydroxylation sites is 1. The second-order valence-electron chi connectivity index (χ2n) is 10.4. The van der Waals surface area contributed by atoms with Crippen LogP contribution in [-0.4, -0.2) is 90.6 Å². The summed E-state index contributed by atoms with van der Waals surface area (Å²) in [6, 6.07) is 17.9. The average Bonchev–Trinajstić information content (AvgIpc) is 3.38. The number of pyridine rings is 1. The lowest BCUT2D eigenvalue weighted by Crippen LogP contribution is -2.42. The van der Waals surface area contributed by atoms with Crippen LogP contribution in [0.25, 0.3) is 10.9 Å². The summed E-state index contributed by atoms with van der Waals surface area (Å²) in [5.41, 5.74) is 4.16. The van der Waals surface area contributed by atoms with Crippen molar-refractivity contribution >= 4 is 33.2 Å². The molecule has 6 rings (SSSR count). The summed E-state index contributed by atoms with van der Waals surface area (Å²) in [7, 11) is -3.77. The van der Waals surface area contributed by atoms with Crippen molar-refractivity contribution < 1.29 is 32.7 Å². The van der Waals surface area contributed by atoms with Gasteiger partial charge in [0.25, 0.3) is 0 Å². The Kier molecular flexibility index (Phi) is 10.8. The van der Waals surface area contributed by atoms with Crippen LogP contribution in [0.3, 0.4) is 0 Å². The van der Waals surface area contributed by atoms with Gasteiger partial charge in [-0.05, 0) is 54.4 Å². The first-order valence-corrected chi connectivity index (χ1v) is 16.0. The highest BCUT2D eigenvalue weighted by atomic mass is 32.2. The number of hydrogen-bond donors (Lipinski definition) is 3. The predicted molar refractivity (Wildman–Crippen MR) is 165 cm³/mol. The van der Waals surface area contributed by atoms with Crippen molar-refractivity contribution in [3.8, 4) is 11.5 Å². The van der Waals surface area contributed by atoms with E-state index in [1.807, 2.05) is 28.8 Å². The molecule has 2 aliphatic rings. The zero-order valence-corrected chi connectivity index (χ0v) is 25.5. The molecule has 13 nitrogen and oxygen atoms in total. The van der Waals surface area contributed by atoms with E-state index in [1.54, 1.807) is 48.8 Å². The Labute approximate surface area is 261 Å². The maximum atomic E-state index is 13.7. The number of morpholine rings is 1. The number of carbonyl (C=O) groups excluding carboxylic acids is 2. The van der Waals surface area contributed by atoms with Crippen molar-refractivity contribution in [2.24, 2.45) is 0 Å². The number of rotatable bonds is 10. The maximum absolute atomic E-state index is 13.7. The molecular formula is C31H36N6O7S. The summed E-state index contributed by atoms with van der Waals surface area (Å²) in [5, 5.41) is 11.4. The lowest BCUT2D eigenvalue weighted by atomic mass is 10.0. The molecule has 0 atom stereocenters. The van der Waals surface area contributed by atoms with Crippen LogP contribution in [0.15, 0.2) is 78.0 Å². The molecule has 3 N–H and O–H groups in total. The average molecular weight is 637 g/mol. The van der Waals surface area contributed by atoms with Crippen LogP contribution in [0.1, 0.15) is 11.3 Å². The molecule has 45 heavy (non-hydrogen) atoms. The van der Waals surface area contributed by atoms with E-state index in [1.165, 1.54) is 9.79 Å². The largest absolute Gasteiger partial charge is 0.457 e. The van der Waals surface area contributed by atoms with Gasteiger partial charge in [-0.1, -0.05) is 18.2 Å². The highest BCUT2D eigenvalue weighted by Gasteiger charge is 2.32. The molecule has 0 bridgehead atoms. The maximum Gasteiger partial charge on any atom is 0.243 e. The number of benzene rings is 2.